The summed E-state index contributed by atoms with van der Waals surface area (Å²) in [6, 6.07) is 64.7. The van der Waals surface area contributed by atoms with Crippen LogP contribution in [-0.2, 0) is 30.1 Å². The molecule has 10 aromatic carbocycles. The number of halogens is 2. The molecule has 132 heavy (non-hydrogen) atoms. The summed E-state index contributed by atoms with van der Waals surface area (Å²) in [6.45, 7) is 11.8. The average molecular weight is 1830 g/mol. The van der Waals surface area contributed by atoms with E-state index in [2.05, 4.69) is 25.9 Å². The number of aromatic nitrogens is 5. The van der Waals surface area contributed by atoms with Gasteiger partial charge < -0.3 is 38.7 Å². The molecule has 18 rings (SSSR count). The lowest BCUT2D eigenvalue weighted by Gasteiger charge is -2.21. The second kappa shape index (κ2) is 35.3. The number of ketones is 1. The number of amides is 3. The smallest absolute Gasteiger partial charge is 0.255 e. The van der Waals surface area contributed by atoms with Crippen molar-refractivity contribution in [1.29, 1.82) is 0 Å². The number of hydrogen-bond donors (Lipinski definition) is 3. The van der Waals surface area contributed by atoms with Crippen molar-refractivity contribution in [2.45, 2.75) is 47.1 Å². The maximum atomic E-state index is 13.6. The number of fused-ring (bicyclic) bond motifs is 6. The fraction of sp³-hybridized carbons (Fsp3) is 0.158. The molecule has 31 heteroatoms. The highest BCUT2D eigenvalue weighted by Gasteiger charge is 2.34. The van der Waals surface area contributed by atoms with Crippen LogP contribution in [0.3, 0.4) is 0 Å². The van der Waals surface area contributed by atoms with Gasteiger partial charge in [0.1, 0.15) is 68.4 Å². The molecule has 0 radical (unpaired) electrons. The van der Waals surface area contributed by atoms with Gasteiger partial charge in [-0.05, 0) is 174 Å². The summed E-state index contributed by atoms with van der Waals surface area (Å²) in [4.78, 5) is 62.4. The number of allylic oxidation sites excluding steroid dienone is 1. The number of anilines is 3. The SMILES string of the molecule is CNC(=O)c1c(-c2ccc(C)cc2)oc2cc(N(C)S(C)(=O)=O)c(-c3ccc4c(c3)C(=O)/C(=C\c3ccc(OC(C)(C)C)cc3)O4)cc12.CNC(=O)c1c(-c2ccc(C)cc2)oc2cc(N(C)S(C)(=O)=O)c(-c3ccc4nc(-c5ccc(F)cc5)cn4n3)cc12.CNC(=O)c1c(-c2ccc(C)cc2)oc2cc(N(C)S(C)(=O)=O)c(-c3ccc4ncc(-c5ccc(F)cc5)n4c3)cc12. The zero-order valence-electron chi connectivity index (χ0n) is 74.4. The third-order valence-corrected chi connectivity index (χ3v) is 26.1. The number of carbonyl (C=O) groups excluding carboxylic acids is 4. The van der Waals surface area contributed by atoms with E-state index in [1.807, 2.05) is 161 Å². The number of hydrogen-bond acceptors (Lipinski definition) is 18. The number of sulfonamides is 3. The van der Waals surface area contributed by atoms with E-state index in [-0.39, 0.29) is 46.5 Å². The molecule has 0 spiro atoms. The predicted octanol–water partition coefficient (Wildman–Crippen LogP) is 19.6. The fourth-order valence-electron chi connectivity index (χ4n) is 15.4. The van der Waals surface area contributed by atoms with E-state index < -0.39 is 30.1 Å². The monoisotopic (exact) mass is 1830 g/mol. The first-order valence-electron chi connectivity index (χ1n) is 41.5. The molecule has 8 heterocycles. The maximum absolute atomic E-state index is 13.6. The lowest BCUT2D eigenvalue weighted by molar-refractivity contribution is 0.0956. The van der Waals surface area contributed by atoms with Crippen LogP contribution in [0.15, 0.2) is 262 Å². The summed E-state index contributed by atoms with van der Waals surface area (Å²) in [7, 11) is -2.05. The third kappa shape index (κ3) is 18.2. The molecule has 0 aliphatic carbocycles. The van der Waals surface area contributed by atoms with E-state index in [0.717, 1.165) is 72.0 Å². The van der Waals surface area contributed by atoms with Crippen LogP contribution in [-0.4, -0.2) is 139 Å². The van der Waals surface area contributed by atoms with Gasteiger partial charge >= 0.3 is 0 Å². The zero-order valence-corrected chi connectivity index (χ0v) is 76.8. The Labute approximate surface area is 759 Å². The summed E-state index contributed by atoms with van der Waals surface area (Å²) in [5.41, 5.74) is 16.4. The van der Waals surface area contributed by atoms with Crippen molar-refractivity contribution in [3.05, 3.63) is 305 Å². The standard InChI is InChI=1S/C38H36N2O7S.C32H27FN4O4S.C31H26FN5O4S/c1-22-8-12-24(13-9-22)36-34(37(42)39-5)28-20-27(30(21-32(28)46-36)40(6)48(7,43)44)25-14-17-31-29(19-25)35(41)33(45-31)18-23-10-15-26(16-11-23)47-38(2,3)4;1-19-5-7-21(8-6-19)31-30(32(38)34-2)25-15-24(26(16-28(25)41-31)36(3)42(4,39)40)22-11-14-29-35-17-27(37(29)18-22)20-9-12-23(33)13-10-20;1-18-5-7-20(8-6-18)30-29(31(38)33-2)23-15-22(26(16-27(23)41-30)36(3)42(4,39)40)24-13-14-28-34-25(17-37(28)35-24)19-9-11-21(32)12-10-19/h8-21H,1-7H3,(H,39,42);5-18H,1-4H3,(H,34,38);5-17H,1-4H3,(H,33,38)/b33-18+;;. The van der Waals surface area contributed by atoms with Crippen LogP contribution in [0.5, 0.6) is 11.5 Å². The van der Waals surface area contributed by atoms with E-state index in [1.165, 1.54) is 56.8 Å². The molecule has 0 unspecified atom stereocenters. The van der Waals surface area contributed by atoms with Gasteiger partial charge in [0, 0.05) is 133 Å². The Morgan fingerprint density at radius 3 is 1.29 bits per heavy atom. The number of nitrogens with one attached hydrogen (secondary N) is 3. The first kappa shape index (κ1) is 90.0. The average Bonchev–Trinajstić information content (AvgIpc) is 1.59. The Hall–Kier alpha value is -15.3. The number of Topliss-reactive ketones (excluding diaryl/α,β-unsaturated/α-hetero) is 1. The van der Waals surface area contributed by atoms with Gasteiger partial charge in [-0.3, -0.25) is 36.5 Å². The molecular formula is C101H89F2N11O15S3. The van der Waals surface area contributed by atoms with Crippen molar-refractivity contribution in [2.75, 3.05) is 74.0 Å². The molecule has 1 aliphatic heterocycles. The summed E-state index contributed by atoms with van der Waals surface area (Å²) in [6.07, 6.45) is 10.3. The van der Waals surface area contributed by atoms with Crippen molar-refractivity contribution in [1.82, 2.24) is 39.9 Å². The van der Waals surface area contributed by atoms with Crippen LogP contribution < -0.4 is 38.3 Å². The highest BCUT2D eigenvalue weighted by Crippen LogP contribution is 2.47. The summed E-state index contributed by atoms with van der Waals surface area (Å²) in [5.74, 6) is 0.355. The quantitative estimate of drug-likeness (QED) is 0.0633. The van der Waals surface area contributed by atoms with E-state index in [0.29, 0.717) is 163 Å². The first-order valence-corrected chi connectivity index (χ1v) is 47.0. The van der Waals surface area contributed by atoms with Crippen molar-refractivity contribution in [2.24, 2.45) is 0 Å². The van der Waals surface area contributed by atoms with Crippen LogP contribution in [0.2, 0.25) is 0 Å². The van der Waals surface area contributed by atoms with E-state index in [1.54, 1.807) is 128 Å². The molecule has 3 N–H and O–H groups in total. The number of ether oxygens (including phenoxy) is 2. The highest BCUT2D eigenvalue weighted by molar-refractivity contribution is 7.92. The topological polar surface area (TPSA) is 322 Å². The minimum atomic E-state index is -3.71. The van der Waals surface area contributed by atoms with Gasteiger partial charge in [0.15, 0.2) is 11.4 Å². The number of furan rings is 3. The van der Waals surface area contributed by atoms with E-state index in [9.17, 15) is 53.2 Å². The Bertz CT molecular complexity index is 7890. The van der Waals surface area contributed by atoms with Gasteiger partial charge in [0.05, 0.1) is 87.6 Å². The minimum absolute atomic E-state index is 0.162. The van der Waals surface area contributed by atoms with Crippen molar-refractivity contribution < 1.29 is 75.9 Å². The number of carbonyl (C=O) groups is 4. The zero-order chi connectivity index (χ0) is 94.1. The van der Waals surface area contributed by atoms with Gasteiger partial charge in [-0.2, -0.15) is 5.10 Å². The lowest BCUT2D eigenvalue weighted by Crippen LogP contribution is -2.25. The van der Waals surface area contributed by atoms with Crippen LogP contribution in [0.4, 0.5) is 25.8 Å². The molecule has 3 amide bonds. The van der Waals surface area contributed by atoms with Crippen LogP contribution in [0, 0.1) is 32.4 Å². The third-order valence-electron chi connectivity index (χ3n) is 22.5. The molecule has 0 saturated carbocycles. The van der Waals surface area contributed by atoms with Crippen molar-refractivity contribution in [3.63, 3.8) is 0 Å². The largest absolute Gasteiger partial charge is 0.488 e. The number of imidazole rings is 2. The van der Waals surface area contributed by atoms with Gasteiger partial charge in [0.25, 0.3) is 17.7 Å². The van der Waals surface area contributed by atoms with Crippen LogP contribution >= 0.6 is 0 Å². The summed E-state index contributed by atoms with van der Waals surface area (Å²) >= 11 is 0. The highest BCUT2D eigenvalue weighted by atomic mass is 32.2. The number of benzene rings is 10. The minimum Gasteiger partial charge on any atom is -0.488 e. The Morgan fingerprint density at radius 1 is 0.447 bits per heavy atom. The second-order valence-corrected chi connectivity index (χ2v) is 39.0. The predicted molar refractivity (Wildman–Crippen MR) is 511 cm³/mol. The van der Waals surface area contributed by atoms with Gasteiger partial charge in [-0.1, -0.05) is 108 Å². The first-order chi connectivity index (χ1) is 62.7. The number of pyridine rings is 1. The second-order valence-electron chi connectivity index (χ2n) is 32.9. The van der Waals surface area contributed by atoms with Crippen LogP contribution in [0.1, 0.15) is 84.5 Å². The van der Waals surface area contributed by atoms with E-state index in [4.69, 9.17) is 27.8 Å². The number of rotatable bonds is 19. The number of aryl methyl sites for hydroxylation is 3. The van der Waals surface area contributed by atoms with Crippen LogP contribution in [0.25, 0.3) is 140 Å². The maximum Gasteiger partial charge on any atom is 0.255 e. The Morgan fingerprint density at radius 2 is 0.848 bits per heavy atom. The van der Waals surface area contributed by atoms with Crippen molar-refractivity contribution >= 4 is 121 Å². The molecule has 0 saturated heterocycles. The summed E-state index contributed by atoms with van der Waals surface area (Å²) < 4.78 is 141. The number of nitrogens with zero attached hydrogens (tertiary/aromatic N) is 8. The van der Waals surface area contributed by atoms with Gasteiger partial charge in [-0.15, -0.1) is 0 Å². The van der Waals surface area contributed by atoms with Gasteiger partial charge in [-0.25, -0.2) is 48.5 Å². The molecule has 1 aliphatic rings. The van der Waals surface area contributed by atoms with Crippen molar-refractivity contribution in [3.8, 4) is 101 Å². The fourth-order valence-corrected chi connectivity index (χ4v) is 16.9. The lowest BCUT2D eigenvalue weighted by atomic mass is 9.96. The Balaban J connectivity index is 0.000000145. The molecular weight excluding hydrogens is 1740 g/mol. The molecule has 0 fully saturated rings. The van der Waals surface area contributed by atoms with Gasteiger partial charge in [0.2, 0.25) is 35.9 Å². The molecule has 670 valence electrons. The molecule has 26 nitrogen and oxygen atoms in total. The normalized spacial score (nSPS) is 12.5. The van der Waals surface area contributed by atoms with E-state index >= 15 is 0 Å². The molecule has 7 aromatic heterocycles. The Kier molecular flexibility index (Phi) is 24.0. The molecule has 17 aromatic rings. The molecule has 0 atom stereocenters. The molecule has 0 bridgehead atoms. The summed E-state index contributed by atoms with van der Waals surface area (Å²) in [5, 5.41) is 14.4.